The molecule has 0 saturated heterocycles. The Morgan fingerprint density at radius 3 is 2.19 bits per heavy atom. The molecule has 1 rings (SSSR count). The van der Waals surface area contributed by atoms with E-state index in [1.807, 2.05) is 0 Å². The maximum absolute atomic E-state index is 3.42. The normalized spacial score (nSPS) is 30.9. The third-order valence-corrected chi connectivity index (χ3v) is 4.34. The molecule has 0 aromatic carbocycles. The molecule has 0 heterocycles. The highest BCUT2D eigenvalue weighted by atomic mass is 15.1. The summed E-state index contributed by atoms with van der Waals surface area (Å²) in [5.74, 6) is 0.946. The summed E-state index contributed by atoms with van der Waals surface area (Å²) in [6.45, 7) is 11.8. The van der Waals surface area contributed by atoms with Gasteiger partial charge in [-0.2, -0.15) is 0 Å². The fraction of sp³-hybridized carbons (Fsp3) is 1.00. The summed E-state index contributed by atoms with van der Waals surface area (Å²) < 4.78 is 0. The van der Waals surface area contributed by atoms with Crippen molar-refractivity contribution in [2.75, 3.05) is 33.2 Å². The van der Waals surface area contributed by atoms with Gasteiger partial charge in [0.1, 0.15) is 0 Å². The summed E-state index contributed by atoms with van der Waals surface area (Å²) in [5, 5.41) is 3.42. The van der Waals surface area contributed by atoms with E-state index in [1.165, 1.54) is 51.9 Å². The summed E-state index contributed by atoms with van der Waals surface area (Å²) >= 11 is 0. The van der Waals surface area contributed by atoms with Gasteiger partial charge in [-0.3, -0.25) is 0 Å². The molecule has 1 saturated carbocycles. The maximum atomic E-state index is 3.42. The van der Waals surface area contributed by atoms with E-state index in [9.17, 15) is 0 Å². The lowest BCUT2D eigenvalue weighted by Crippen LogP contribution is -2.45. The Hall–Kier alpha value is -0.0800. The first-order chi connectivity index (χ1) is 7.65. The van der Waals surface area contributed by atoms with E-state index < -0.39 is 0 Å². The molecule has 1 aliphatic carbocycles. The van der Waals surface area contributed by atoms with Crippen LogP contribution in [0.2, 0.25) is 0 Å². The van der Waals surface area contributed by atoms with Gasteiger partial charge in [0, 0.05) is 13.1 Å². The standard InChI is InChI=1S/C14H30N2/c1-5-16(6-2)12-14(11-15-4)9-7-13(3)8-10-14/h13,15H,5-12H2,1-4H3. The van der Waals surface area contributed by atoms with Gasteiger partial charge < -0.3 is 10.2 Å². The molecule has 16 heavy (non-hydrogen) atoms. The van der Waals surface area contributed by atoms with Crippen molar-refractivity contribution in [2.24, 2.45) is 11.3 Å². The van der Waals surface area contributed by atoms with Crippen LogP contribution in [0.3, 0.4) is 0 Å². The van der Waals surface area contributed by atoms with Gasteiger partial charge in [0.05, 0.1) is 0 Å². The van der Waals surface area contributed by atoms with Crippen LogP contribution in [-0.2, 0) is 0 Å². The summed E-state index contributed by atoms with van der Waals surface area (Å²) in [6, 6.07) is 0. The van der Waals surface area contributed by atoms with Crippen molar-refractivity contribution in [1.29, 1.82) is 0 Å². The van der Waals surface area contributed by atoms with Gasteiger partial charge in [0.15, 0.2) is 0 Å². The topological polar surface area (TPSA) is 15.3 Å². The molecule has 0 bridgehead atoms. The zero-order chi connectivity index (χ0) is 12.0. The Kier molecular flexibility index (Phi) is 5.77. The van der Waals surface area contributed by atoms with Crippen molar-refractivity contribution < 1.29 is 0 Å². The molecular formula is C14H30N2. The van der Waals surface area contributed by atoms with Crippen LogP contribution in [0.15, 0.2) is 0 Å². The SMILES string of the molecule is CCN(CC)CC1(CNC)CCC(C)CC1. The number of hydrogen-bond acceptors (Lipinski definition) is 2. The van der Waals surface area contributed by atoms with Crippen LogP contribution in [0.25, 0.3) is 0 Å². The first kappa shape index (κ1) is 14.0. The molecule has 1 fully saturated rings. The van der Waals surface area contributed by atoms with Crippen molar-refractivity contribution in [3.63, 3.8) is 0 Å². The minimum atomic E-state index is 0.549. The fourth-order valence-corrected chi connectivity index (χ4v) is 3.06. The molecule has 0 spiro atoms. The number of hydrogen-bond donors (Lipinski definition) is 1. The van der Waals surface area contributed by atoms with Gasteiger partial charge in [0.25, 0.3) is 0 Å². The van der Waals surface area contributed by atoms with Gasteiger partial charge in [0.2, 0.25) is 0 Å². The highest BCUT2D eigenvalue weighted by Gasteiger charge is 2.34. The van der Waals surface area contributed by atoms with Gasteiger partial charge in [-0.05, 0) is 44.3 Å². The van der Waals surface area contributed by atoms with E-state index in [2.05, 4.69) is 38.0 Å². The largest absolute Gasteiger partial charge is 0.319 e. The molecule has 0 aromatic rings. The summed E-state index contributed by atoms with van der Waals surface area (Å²) in [4.78, 5) is 2.59. The zero-order valence-electron chi connectivity index (χ0n) is 11.7. The van der Waals surface area contributed by atoms with E-state index in [4.69, 9.17) is 0 Å². The summed E-state index contributed by atoms with van der Waals surface area (Å²) in [7, 11) is 2.10. The van der Waals surface area contributed by atoms with Gasteiger partial charge in [-0.15, -0.1) is 0 Å². The molecule has 2 heteroatoms. The number of nitrogens with zero attached hydrogens (tertiary/aromatic N) is 1. The van der Waals surface area contributed by atoms with Gasteiger partial charge in [-0.25, -0.2) is 0 Å². The Morgan fingerprint density at radius 2 is 1.75 bits per heavy atom. The number of rotatable bonds is 6. The van der Waals surface area contributed by atoms with E-state index in [-0.39, 0.29) is 0 Å². The molecule has 0 amide bonds. The molecular weight excluding hydrogens is 196 g/mol. The van der Waals surface area contributed by atoms with Crippen LogP contribution < -0.4 is 5.32 Å². The first-order valence-electron chi connectivity index (χ1n) is 7.02. The predicted molar refractivity (Wildman–Crippen MR) is 71.8 cm³/mol. The van der Waals surface area contributed by atoms with Crippen molar-refractivity contribution in [3.05, 3.63) is 0 Å². The monoisotopic (exact) mass is 226 g/mol. The molecule has 1 N–H and O–H groups in total. The lowest BCUT2D eigenvalue weighted by atomic mass is 9.70. The maximum Gasteiger partial charge on any atom is 0.00499 e. The molecule has 0 aliphatic heterocycles. The van der Waals surface area contributed by atoms with E-state index in [0.717, 1.165) is 5.92 Å². The van der Waals surface area contributed by atoms with Gasteiger partial charge >= 0.3 is 0 Å². The summed E-state index contributed by atoms with van der Waals surface area (Å²) in [5.41, 5.74) is 0.549. The molecule has 1 aliphatic rings. The number of nitrogens with one attached hydrogen (secondary N) is 1. The average Bonchev–Trinajstić information content (AvgIpc) is 2.30. The second-order valence-electron chi connectivity index (χ2n) is 5.67. The second-order valence-corrected chi connectivity index (χ2v) is 5.67. The van der Waals surface area contributed by atoms with Crippen LogP contribution >= 0.6 is 0 Å². The molecule has 0 aromatic heterocycles. The first-order valence-corrected chi connectivity index (χ1v) is 7.02. The van der Waals surface area contributed by atoms with Gasteiger partial charge in [-0.1, -0.05) is 33.6 Å². The second kappa shape index (κ2) is 6.61. The minimum Gasteiger partial charge on any atom is -0.319 e. The Balaban J connectivity index is 2.57. The van der Waals surface area contributed by atoms with Crippen LogP contribution in [0, 0.1) is 11.3 Å². The molecule has 0 radical (unpaired) electrons. The lowest BCUT2D eigenvalue weighted by molar-refractivity contribution is 0.0935. The van der Waals surface area contributed by atoms with Crippen LogP contribution in [0.4, 0.5) is 0 Å². The average molecular weight is 226 g/mol. The highest BCUT2D eigenvalue weighted by Crippen LogP contribution is 2.39. The summed E-state index contributed by atoms with van der Waals surface area (Å²) in [6.07, 6.45) is 5.66. The van der Waals surface area contributed by atoms with E-state index in [0.29, 0.717) is 5.41 Å². The molecule has 2 nitrogen and oxygen atoms in total. The third kappa shape index (κ3) is 3.74. The Labute approximate surface area is 102 Å². The fourth-order valence-electron chi connectivity index (χ4n) is 3.06. The van der Waals surface area contributed by atoms with Crippen LogP contribution in [0.5, 0.6) is 0 Å². The quantitative estimate of drug-likeness (QED) is 0.749. The van der Waals surface area contributed by atoms with E-state index in [1.54, 1.807) is 0 Å². The van der Waals surface area contributed by atoms with E-state index >= 15 is 0 Å². The Morgan fingerprint density at radius 1 is 1.19 bits per heavy atom. The zero-order valence-corrected chi connectivity index (χ0v) is 11.7. The molecule has 0 atom stereocenters. The highest BCUT2D eigenvalue weighted by molar-refractivity contribution is 4.88. The smallest absolute Gasteiger partial charge is 0.00499 e. The van der Waals surface area contributed by atoms with Crippen molar-refractivity contribution >= 4 is 0 Å². The lowest BCUT2D eigenvalue weighted by Gasteiger charge is -2.42. The third-order valence-electron chi connectivity index (χ3n) is 4.34. The van der Waals surface area contributed by atoms with Crippen LogP contribution in [0.1, 0.15) is 46.5 Å². The van der Waals surface area contributed by atoms with Crippen molar-refractivity contribution in [1.82, 2.24) is 10.2 Å². The minimum absolute atomic E-state index is 0.549. The molecule has 96 valence electrons. The van der Waals surface area contributed by atoms with Crippen molar-refractivity contribution in [3.8, 4) is 0 Å². The van der Waals surface area contributed by atoms with Crippen molar-refractivity contribution in [2.45, 2.75) is 46.5 Å². The Bertz CT molecular complexity index is 179. The predicted octanol–water partition coefficient (Wildman–Crippen LogP) is 2.74. The van der Waals surface area contributed by atoms with Crippen LogP contribution in [-0.4, -0.2) is 38.1 Å². The molecule has 0 unspecified atom stereocenters.